The number of phenolic OH excluding ortho intramolecular Hbond substituents is 1. The van der Waals surface area contributed by atoms with Crippen molar-refractivity contribution in [1.29, 1.82) is 0 Å². The highest BCUT2D eigenvalue weighted by atomic mass is 79.9. The molecule has 90 valence electrons. The summed E-state index contributed by atoms with van der Waals surface area (Å²) in [5.41, 5.74) is -0.739. The highest BCUT2D eigenvalue weighted by molar-refractivity contribution is 9.11. The second-order valence-corrected chi connectivity index (χ2v) is 4.76. The number of carbonyl (C=O) groups is 2. The van der Waals surface area contributed by atoms with E-state index in [2.05, 4.69) is 31.9 Å². The summed E-state index contributed by atoms with van der Waals surface area (Å²) in [6.45, 7) is 0. The Morgan fingerprint density at radius 1 is 1.12 bits per heavy atom. The van der Waals surface area contributed by atoms with Gasteiger partial charge in [0.1, 0.15) is 11.3 Å². The molecule has 0 aliphatic rings. The molecule has 0 aliphatic heterocycles. The maximum atomic E-state index is 10.7. The Morgan fingerprint density at radius 3 is 2.12 bits per heavy atom. The van der Waals surface area contributed by atoms with E-state index in [-0.39, 0.29) is 11.3 Å². The maximum Gasteiger partial charge on any atom is 0.343 e. The molecule has 1 rings (SSSR count). The number of hydrogen-bond acceptors (Lipinski definition) is 3. The van der Waals surface area contributed by atoms with Crippen LogP contribution in [0.4, 0.5) is 0 Å². The van der Waals surface area contributed by atoms with E-state index in [0.717, 1.165) is 6.08 Å². The predicted octanol–water partition coefficient (Wildman–Crippen LogP) is 2.47. The summed E-state index contributed by atoms with van der Waals surface area (Å²) in [6, 6.07) is 2.96. The van der Waals surface area contributed by atoms with Gasteiger partial charge in [0.2, 0.25) is 0 Å². The average molecular weight is 366 g/mol. The Morgan fingerprint density at radius 2 is 1.65 bits per heavy atom. The first-order chi connectivity index (χ1) is 7.82. The Labute approximate surface area is 113 Å². The molecule has 3 N–H and O–H groups in total. The number of carboxylic acid groups (broad SMARTS) is 2. The van der Waals surface area contributed by atoms with E-state index in [4.69, 9.17) is 10.2 Å². The number of carboxylic acids is 2. The van der Waals surface area contributed by atoms with Crippen molar-refractivity contribution >= 4 is 49.9 Å². The minimum atomic E-state index is -1.58. The molecule has 0 spiro atoms. The first-order valence-electron chi connectivity index (χ1n) is 4.19. The number of phenols is 1. The van der Waals surface area contributed by atoms with Crippen LogP contribution in [0.5, 0.6) is 5.75 Å². The van der Waals surface area contributed by atoms with Crippen LogP contribution < -0.4 is 0 Å². The molecule has 0 saturated carbocycles. The van der Waals surface area contributed by atoms with Crippen LogP contribution in [-0.2, 0) is 9.59 Å². The van der Waals surface area contributed by atoms with Crippen molar-refractivity contribution in [2.75, 3.05) is 0 Å². The van der Waals surface area contributed by atoms with Gasteiger partial charge in [0.15, 0.2) is 0 Å². The van der Waals surface area contributed by atoms with Crippen molar-refractivity contribution in [2.45, 2.75) is 0 Å². The van der Waals surface area contributed by atoms with Crippen LogP contribution >= 0.6 is 31.9 Å². The monoisotopic (exact) mass is 364 g/mol. The van der Waals surface area contributed by atoms with E-state index in [0.29, 0.717) is 8.95 Å². The summed E-state index contributed by atoms with van der Waals surface area (Å²) in [6.07, 6.45) is 0.884. The van der Waals surface area contributed by atoms with Crippen LogP contribution in [0, 0.1) is 0 Å². The highest BCUT2D eigenvalue weighted by Gasteiger charge is 2.17. The Hall–Kier alpha value is -1.34. The first kappa shape index (κ1) is 13.7. The molecule has 0 atom stereocenters. The summed E-state index contributed by atoms with van der Waals surface area (Å²) >= 11 is 6.20. The smallest absolute Gasteiger partial charge is 0.343 e. The van der Waals surface area contributed by atoms with E-state index in [1.165, 1.54) is 6.07 Å². The van der Waals surface area contributed by atoms with Gasteiger partial charge in [-0.3, -0.25) is 0 Å². The molecular weight excluding hydrogens is 360 g/mol. The van der Waals surface area contributed by atoms with Gasteiger partial charge in [-0.2, -0.15) is 0 Å². The molecule has 1 aromatic carbocycles. The van der Waals surface area contributed by atoms with E-state index >= 15 is 0 Å². The summed E-state index contributed by atoms with van der Waals surface area (Å²) in [7, 11) is 0. The van der Waals surface area contributed by atoms with Gasteiger partial charge in [0.05, 0.1) is 4.47 Å². The van der Waals surface area contributed by atoms with Gasteiger partial charge in [-0.1, -0.05) is 15.9 Å². The van der Waals surface area contributed by atoms with Crippen LogP contribution in [0.3, 0.4) is 0 Å². The van der Waals surface area contributed by atoms with Crippen LogP contribution in [0.1, 0.15) is 5.56 Å². The third-order valence-electron chi connectivity index (χ3n) is 1.82. The molecular formula is C10H6Br2O5. The summed E-state index contributed by atoms with van der Waals surface area (Å²) < 4.78 is 0.900. The van der Waals surface area contributed by atoms with Gasteiger partial charge >= 0.3 is 11.9 Å². The van der Waals surface area contributed by atoms with Crippen LogP contribution in [0.2, 0.25) is 0 Å². The Balaban J connectivity index is 3.39. The second-order valence-electron chi connectivity index (χ2n) is 2.99. The fraction of sp³-hybridized carbons (Fsp3) is 0. The fourth-order valence-electron chi connectivity index (χ4n) is 1.07. The predicted molar refractivity (Wildman–Crippen MR) is 66.8 cm³/mol. The molecule has 0 aliphatic carbocycles. The van der Waals surface area contributed by atoms with Crippen molar-refractivity contribution in [3.05, 3.63) is 32.2 Å². The molecule has 0 heterocycles. The Kier molecular flexibility index (Phi) is 4.30. The SMILES string of the molecule is O=C(O)C(=Cc1cc(Br)cc(Br)c1O)C(=O)O. The van der Waals surface area contributed by atoms with Crippen molar-refractivity contribution in [3.63, 3.8) is 0 Å². The summed E-state index contributed by atoms with van der Waals surface area (Å²) in [5, 5.41) is 27.0. The molecule has 0 unspecified atom stereocenters. The summed E-state index contributed by atoms with van der Waals surface area (Å²) in [4.78, 5) is 21.3. The lowest BCUT2D eigenvalue weighted by molar-refractivity contribution is -0.139. The van der Waals surface area contributed by atoms with Crippen molar-refractivity contribution < 1.29 is 24.9 Å². The van der Waals surface area contributed by atoms with Crippen molar-refractivity contribution in [3.8, 4) is 5.75 Å². The number of hydrogen-bond donors (Lipinski definition) is 3. The molecule has 1 aromatic rings. The summed E-state index contributed by atoms with van der Waals surface area (Å²) in [5.74, 6) is -3.38. The molecule has 0 bridgehead atoms. The third-order valence-corrected chi connectivity index (χ3v) is 2.88. The number of benzene rings is 1. The highest BCUT2D eigenvalue weighted by Crippen LogP contribution is 2.33. The van der Waals surface area contributed by atoms with Crippen LogP contribution in [0.15, 0.2) is 26.7 Å². The van der Waals surface area contributed by atoms with Crippen molar-refractivity contribution in [2.24, 2.45) is 0 Å². The first-order valence-corrected chi connectivity index (χ1v) is 5.78. The molecule has 0 aromatic heterocycles. The zero-order valence-electron chi connectivity index (χ0n) is 8.15. The Bertz CT molecular complexity index is 506. The van der Waals surface area contributed by atoms with Gasteiger partial charge in [-0.05, 0) is 34.1 Å². The molecule has 0 amide bonds. The third kappa shape index (κ3) is 3.31. The van der Waals surface area contributed by atoms with E-state index in [1.54, 1.807) is 6.07 Å². The van der Waals surface area contributed by atoms with Gasteiger partial charge < -0.3 is 15.3 Å². The standard InChI is InChI=1S/C10H6Br2O5/c11-5-1-4(8(13)7(12)3-5)2-6(9(14)15)10(16)17/h1-3,13H,(H,14,15)(H,16,17). The van der Waals surface area contributed by atoms with Gasteiger partial charge in [-0.25, -0.2) is 9.59 Å². The average Bonchev–Trinajstić information content (AvgIpc) is 2.19. The normalized spacial score (nSPS) is 9.76. The zero-order valence-corrected chi connectivity index (χ0v) is 11.3. The second kappa shape index (κ2) is 5.33. The van der Waals surface area contributed by atoms with E-state index in [9.17, 15) is 14.7 Å². The lowest BCUT2D eigenvalue weighted by atomic mass is 10.1. The van der Waals surface area contributed by atoms with Gasteiger partial charge in [-0.15, -0.1) is 0 Å². The number of rotatable bonds is 3. The quantitative estimate of drug-likeness (QED) is 0.434. The number of aromatic hydroxyl groups is 1. The molecule has 0 saturated heterocycles. The minimum Gasteiger partial charge on any atom is -0.506 e. The van der Waals surface area contributed by atoms with Crippen molar-refractivity contribution in [1.82, 2.24) is 0 Å². The molecule has 0 fully saturated rings. The fourth-order valence-corrected chi connectivity index (χ4v) is 2.32. The minimum absolute atomic E-state index is 0.0889. The largest absolute Gasteiger partial charge is 0.506 e. The van der Waals surface area contributed by atoms with E-state index < -0.39 is 17.5 Å². The lowest BCUT2D eigenvalue weighted by Crippen LogP contribution is -2.10. The van der Waals surface area contributed by atoms with Gasteiger partial charge in [0.25, 0.3) is 0 Å². The molecule has 7 heteroatoms. The zero-order chi connectivity index (χ0) is 13.2. The topological polar surface area (TPSA) is 94.8 Å². The molecule has 0 radical (unpaired) electrons. The van der Waals surface area contributed by atoms with Crippen LogP contribution in [0.25, 0.3) is 6.08 Å². The number of halogens is 2. The molecule has 17 heavy (non-hydrogen) atoms. The maximum absolute atomic E-state index is 10.7. The number of aliphatic carboxylic acids is 2. The van der Waals surface area contributed by atoms with E-state index in [1.807, 2.05) is 0 Å². The van der Waals surface area contributed by atoms with Crippen LogP contribution in [-0.4, -0.2) is 27.3 Å². The van der Waals surface area contributed by atoms with Gasteiger partial charge in [0, 0.05) is 10.0 Å². The molecule has 5 nitrogen and oxygen atoms in total. The lowest BCUT2D eigenvalue weighted by Gasteiger charge is -2.04.